The van der Waals surface area contributed by atoms with Crippen LogP contribution in [0.5, 0.6) is 5.75 Å². The summed E-state index contributed by atoms with van der Waals surface area (Å²) in [5.74, 6) is -0.529. The molecule has 1 aromatic heterocycles. The zero-order valence-electron chi connectivity index (χ0n) is 14.4. The van der Waals surface area contributed by atoms with Crippen molar-refractivity contribution >= 4 is 28.4 Å². The second kappa shape index (κ2) is 6.24. The largest absolute Gasteiger partial charge is 0.490 e. The van der Waals surface area contributed by atoms with Crippen molar-refractivity contribution in [3.63, 3.8) is 0 Å². The number of nitro groups is 1. The van der Waals surface area contributed by atoms with Crippen molar-refractivity contribution in [2.45, 2.75) is 6.42 Å². The van der Waals surface area contributed by atoms with Gasteiger partial charge in [-0.3, -0.25) is 24.6 Å². The number of carbonyl (C=O) groups is 2. The van der Waals surface area contributed by atoms with Gasteiger partial charge in [0.25, 0.3) is 11.8 Å². The fraction of sp³-hybridized carbons (Fsp3) is 0.158. The lowest BCUT2D eigenvalue weighted by Gasteiger charge is -2.13. The molecule has 0 aliphatic carbocycles. The van der Waals surface area contributed by atoms with Crippen LogP contribution in [0.3, 0.4) is 0 Å². The van der Waals surface area contributed by atoms with E-state index in [1.54, 1.807) is 36.5 Å². The molecule has 0 spiro atoms. The fourth-order valence-electron chi connectivity index (χ4n) is 3.47. The topological polar surface area (TPSA) is 106 Å². The molecule has 0 saturated heterocycles. The van der Waals surface area contributed by atoms with Crippen LogP contribution in [-0.2, 0) is 6.42 Å². The summed E-state index contributed by atoms with van der Waals surface area (Å²) >= 11 is 0. The first-order valence-electron chi connectivity index (χ1n) is 8.29. The maximum absolute atomic E-state index is 12.5. The van der Waals surface area contributed by atoms with E-state index in [1.165, 1.54) is 18.1 Å². The van der Waals surface area contributed by atoms with Gasteiger partial charge < -0.3 is 9.72 Å². The molecule has 3 aromatic rings. The number of ether oxygens (including phenoxy) is 1. The number of aromatic amines is 1. The van der Waals surface area contributed by atoms with Crippen LogP contribution in [0.2, 0.25) is 0 Å². The van der Waals surface area contributed by atoms with Gasteiger partial charge in [-0.25, -0.2) is 0 Å². The zero-order valence-corrected chi connectivity index (χ0v) is 14.4. The maximum atomic E-state index is 12.5. The molecular formula is C19H15N3O5. The summed E-state index contributed by atoms with van der Waals surface area (Å²) in [7, 11) is 1.37. The number of amides is 2. The lowest BCUT2D eigenvalue weighted by molar-refractivity contribution is -0.384. The molecule has 1 aliphatic rings. The van der Waals surface area contributed by atoms with Crippen molar-refractivity contribution < 1.29 is 19.2 Å². The van der Waals surface area contributed by atoms with Crippen molar-refractivity contribution in [2.24, 2.45) is 0 Å². The highest BCUT2D eigenvalue weighted by molar-refractivity contribution is 6.21. The monoisotopic (exact) mass is 365 g/mol. The van der Waals surface area contributed by atoms with Crippen LogP contribution in [-0.4, -0.2) is 40.3 Å². The molecule has 2 aromatic carbocycles. The molecule has 2 amide bonds. The Labute approximate surface area is 153 Å². The number of nitrogens with zero attached hydrogens (tertiary/aromatic N) is 2. The Morgan fingerprint density at radius 1 is 1.11 bits per heavy atom. The van der Waals surface area contributed by atoms with E-state index in [4.69, 9.17) is 4.74 Å². The van der Waals surface area contributed by atoms with E-state index in [2.05, 4.69) is 4.98 Å². The number of imide groups is 1. The molecule has 136 valence electrons. The van der Waals surface area contributed by atoms with Gasteiger partial charge in [-0.15, -0.1) is 0 Å². The van der Waals surface area contributed by atoms with Crippen LogP contribution in [0.1, 0.15) is 26.3 Å². The number of nitrogens with one attached hydrogen (secondary N) is 1. The van der Waals surface area contributed by atoms with Gasteiger partial charge in [-0.2, -0.15) is 0 Å². The summed E-state index contributed by atoms with van der Waals surface area (Å²) in [6, 6.07) is 9.90. The van der Waals surface area contributed by atoms with Crippen LogP contribution in [0.4, 0.5) is 5.69 Å². The Bertz CT molecular complexity index is 1070. The van der Waals surface area contributed by atoms with E-state index in [0.717, 1.165) is 0 Å². The second-order valence-corrected chi connectivity index (χ2v) is 6.17. The number of carbonyl (C=O) groups excluding carboxylic acids is 2. The van der Waals surface area contributed by atoms with Gasteiger partial charge >= 0.3 is 5.69 Å². The maximum Gasteiger partial charge on any atom is 0.320 e. The molecular weight excluding hydrogens is 350 g/mol. The summed E-state index contributed by atoms with van der Waals surface area (Å²) in [4.78, 5) is 40.2. The first-order chi connectivity index (χ1) is 13.0. The average molecular weight is 365 g/mol. The van der Waals surface area contributed by atoms with Gasteiger partial charge in [0.05, 0.1) is 34.1 Å². The normalized spacial score (nSPS) is 13.3. The van der Waals surface area contributed by atoms with E-state index < -0.39 is 4.92 Å². The Kier molecular flexibility index (Phi) is 3.88. The van der Waals surface area contributed by atoms with Gasteiger partial charge in [-0.1, -0.05) is 12.1 Å². The fourth-order valence-corrected chi connectivity index (χ4v) is 3.47. The van der Waals surface area contributed by atoms with E-state index >= 15 is 0 Å². The highest BCUT2D eigenvalue weighted by Crippen LogP contribution is 2.37. The van der Waals surface area contributed by atoms with Gasteiger partial charge in [0.1, 0.15) is 0 Å². The van der Waals surface area contributed by atoms with E-state index in [0.29, 0.717) is 34.0 Å². The van der Waals surface area contributed by atoms with Crippen molar-refractivity contribution in [1.82, 2.24) is 9.88 Å². The van der Waals surface area contributed by atoms with Crippen LogP contribution in [0.15, 0.2) is 42.6 Å². The van der Waals surface area contributed by atoms with Gasteiger partial charge in [-0.05, 0) is 36.2 Å². The summed E-state index contributed by atoms with van der Waals surface area (Å²) in [6.07, 6.45) is 1.95. The lowest BCUT2D eigenvalue weighted by Crippen LogP contribution is -2.31. The van der Waals surface area contributed by atoms with Crippen LogP contribution >= 0.6 is 0 Å². The number of rotatable bonds is 5. The molecule has 8 heteroatoms. The van der Waals surface area contributed by atoms with Gasteiger partial charge in [0, 0.05) is 12.7 Å². The Morgan fingerprint density at radius 2 is 1.78 bits per heavy atom. The zero-order chi connectivity index (χ0) is 19.1. The molecule has 0 radical (unpaired) electrons. The number of hydrogen-bond acceptors (Lipinski definition) is 5. The summed E-state index contributed by atoms with van der Waals surface area (Å²) in [5.41, 5.74) is 1.88. The van der Waals surface area contributed by atoms with Crippen LogP contribution in [0, 0.1) is 10.1 Å². The number of nitro benzene ring substituents is 1. The standard InChI is InChI=1S/C19H15N3O5/c1-27-15-7-6-14-16(17(15)22(25)26)11(10-20-14)8-9-21-18(23)12-4-2-3-5-13(12)19(21)24/h2-7,10,20H,8-9H2,1H3. The van der Waals surface area contributed by atoms with E-state index in [-0.39, 0.29) is 29.8 Å². The third-order valence-electron chi connectivity index (χ3n) is 4.75. The Morgan fingerprint density at radius 3 is 2.37 bits per heavy atom. The number of fused-ring (bicyclic) bond motifs is 2. The quantitative estimate of drug-likeness (QED) is 0.425. The highest BCUT2D eigenvalue weighted by atomic mass is 16.6. The molecule has 27 heavy (non-hydrogen) atoms. The van der Waals surface area contributed by atoms with E-state index in [9.17, 15) is 19.7 Å². The minimum atomic E-state index is -0.486. The predicted molar refractivity (Wildman–Crippen MR) is 97.0 cm³/mol. The number of benzene rings is 2. The molecule has 0 bridgehead atoms. The average Bonchev–Trinajstić information content (AvgIpc) is 3.19. The lowest BCUT2D eigenvalue weighted by atomic mass is 10.1. The molecule has 0 fully saturated rings. The third kappa shape index (κ3) is 2.53. The molecule has 4 rings (SSSR count). The summed E-state index contributed by atoms with van der Waals surface area (Å²) < 4.78 is 5.12. The van der Waals surface area contributed by atoms with Crippen LogP contribution in [0.25, 0.3) is 10.9 Å². The van der Waals surface area contributed by atoms with Gasteiger partial charge in [0.15, 0.2) is 5.75 Å². The summed E-state index contributed by atoms with van der Waals surface area (Å²) in [5, 5.41) is 12.0. The van der Waals surface area contributed by atoms with Crippen molar-refractivity contribution in [1.29, 1.82) is 0 Å². The van der Waals surface area contributed by atoms with E-state index in [1.807, 2.05) is 0 Å². The third-order valence-corrected chi connectivity index (χ3v) is 4.75. The summed E-state index contributed by atoms with van der Waals surface area (Å²) in [6.45, 7) is 0.133. The number of methoxy groups -OCH3 is 1. The van der Waals surface area contributed by atoms with Crippen LogP contribution < -0.4 is 4.74 Å². The molecule has 0 saturated carbocycles. The molecule has 0 unspecified atom stereocenters. The molecule has 1 N–H and O–H groups in total. The first-order valence-corrected chi connectivity index (χ1v) is 8.29. The van der Waals surface area contributed by atoms with Gasteiger partial charge in [0.2, 0.25) is 0 Å². The molecule has 2 heterocycles. The van der Waals surface area contributed by atoms with Crippen molar-refractivity contribution in [3.8, 4) is 5.75 Å². The van der Waals surface area contributed by atoms with Crippen molar-refractivity contribution in [3.05, 3.63) is 69.4 Å². The molecule has 8 nitrogen and oxygen atoms in total. The van der Waals surface area contributed by atoms with Crippen molar-refractivity contribution in [2.75, 3.05) is 13.7 Å². The predicted octanol–water partition coefficient (Wildman–Crippen LogP) is 2.92. The SMILES string of the molecule is COc1ccc2[nH]cc(CCN3C(=O)c4ccccc4C3=O)c2c1[N+](=O)[O-]. The second-order valence-electron chi connectivity index (χ2n) is 6.17. The minimum Gasteiger partial charge on any atom is -0.490 e. The molecule has 1 aliphatic heterocycles. The number of H-pyrrole nitrogens is 1. The molecule has 0 atom stereocenters. The first kappa shape index (κ1) is 16.8. The minimum absolute atomic E-state index is 0.131. The highest BCUT2D eigenvalue weighted by Gasteiger charge is 2.35. The smallest absolute Gasteiger partial charge is 0.320 e. The number of aromatic nitrogens is 1. The Balaban J connectivity index is 1.67. The number of hydrogen-bond donors (Lipinski definition) is 1. The Hall–Kier alpha value is -3.68.